The predicted octanol–water partition coefficient (Wildman–Crippen LogP) is 4.07. The molecule has 1 atom stereocenters. The third-order valence-corrected chi connectivity index (χ3v) is 5.90. The highest BCUT2D eigenvalue weighted by Crippen LogP contribution is 2.32. The van der Waals surface area contributed by atoms with Crippen molar-refractivity contribution in [2.75, 3.05) is 6.54 Å². The van der Waals surface area contributed by atoms with E-state index in [2.05, 4.69) is 15.1 Å². The number of nitrogens with zero attached hydrogens (tertiary/aromatic N) is 2. The molecule has 0 bridgehead atoms. The van der Waals surface area contributed by atoms with Crippen molar-refractivity contribution >= 4 is 16.8 Å². The van der Waals surface area contributed by atoms with Crippen molar-refractivity contribution in [3.63, 3.8) is 0 Å². The second-order valence-corrected chi connectivity index (χ2v) is 7.52. The van der Waals surface area contributed by atoms with Crippen molar-refractivity contribution in [3.05, 3.63) is 30.0 Å². The molecule has 0 radical (unpaired) electrons. The van der Waals surface area contributed by atoms with Crippen LogP contribution in [0.1, 0.15) is 57.1 Å². The van der Waals surface area contributed by atoms with Gasteiger partial charge >= 0.3 is 0 Å². The van der Waals surface area contributed by atoms with Gasteiger partial charge in [0.25, 0.3) is 0 Å². The van der Waals surface area contributed by atoms with E-state index in [9.17, 15) is 4.79 Å². The number of likely N-dealkylation sites (tertiary alicyclic amines) is 1. The summed E-state index contributed by atoms with van der Waals surface area (Å²) in [6.07, 6.45) is 10.9. The van der Waals surface area contributed by atoms with E-state index in [0.29, 0.717) is 12.5 Å². The standard InChI is InChI=1S/C20H27N3O/c24-20(14-19-17-10-4-5-11-18(17)21-22-19)23-12-6-9-16(23)13-15-7-2-1-3-8-15/h4-5,10-11,15-16H,1-3,6-9,12-14H2,(H,21,22)/t16-/m0/s1. The second kappa shape index (κ2) is 6.96. The number of para-hydroxylation sites is 1. The van der Waals surface area contributed by atoms with Gasteiger partial charge in [-0.1, -0.05) is 50.3 Å². The third-order valence-electron chi connectivity index (χ3n) is 5.90. The first-order valence-electron chi connectivity index (χ1n) is 9.53. The first kappa shape index (κ1) is 15.7. The quantitative estimate of drug-likeness (QED) is 0.921. The SMILES string of the molecule is O=C(Cc1[nH]nc2ccccc12)N1CCC[C@H]1CC1CCCCC1. The van der Waals surface area contributed by atoms with Crippen molar-refractivity contribution < 1.29 is 4.79 Å². The van der Waals surface area contributed by atoms with Crippen LogP contribution in [0.15, 0.2) is 24.3 Å². The van der Waals surface area contributed by atoms with Crippen LogP contribution in [-0.2, 0) is 11.2 Å². The minimum atomic E-state index is 0.266. The van der Waals surface area contributed by atoms with Gasteiger partial charge in [-0.2, -0.15) is 5.10 Å². The average molecular weight is 325 g/mol. The van der Waals surface area contributed by atoms with E-state index >= 15 is 0 Å². The van der Waals surface area contributed by atoms with Crippen molar-refractivity contribution in [1.82, 2.24) is 15.1 Å². The Bertz CT molecular complexity index is 702. The fraction of sp³-hybridized carbons (Fsp3) is 0.600. The number of carbonyl (C=O) groups is 1. The summed E-state index contributed by atoms with van der Waals surface area (Å²) < 4.78 is 0. The van der Waals surface area contributed by atoms with Crippen LogP contribution in [0.4, 0.5) is 0 Å². The van der Waals surface area contributed by atoms with Gasteiger partial charge in [0.15, 0.2) is 0 Å². The number of aromatic amines is 1. The first-order chi connectivity index (χ1) is 11.8. The molecule has 1 aromatic heterocycles. The van der Waals surface area contributed by atoms with Gasteiger partial charge < -0.3 is 4.90 Å². The topological polar surface area (TPSA) is 49.0 Å². The number of aromatic nitrogens is 2. The minimum absolute atomic E-state index is 0.266. The lowest BCUT2D eigenvalue weighted by atomic mass is 9.84. The fourth-order valence-electron chi connectivity index (χ4n) is 4.62. The Balaban J connectivity index is 1.43. The van der Waals surface area contributed by atoms with E-state index in [1.807, 2.05) is 24.3 Å². The number of H-pyrrole nitrogens is 1. The van der Waals surface area contributed by atoms with Gasteiger partial charge in [-0.15, -0.1) is 0 Å². The zero-order valence-electron chi connectivity index (χ0n) is 14.3. The highest BCUT2D eigenvalue weighted by atomic mass is 16.2. The van der Waals surface area contributed by atoms with Gasteiger partial charge in [0.1, 0.15) is 0 Å². The molecule has 1 saturated carbocycles. The molecular formula is C20H27N3O. The largest absolute Gasteiger partial charge is 0.339 e. The molecule has 1 amide bonds. The number of hydrogen-bond donors (Lipinski definition) is 1. The third kappa shape index (κ3) is 3.19. The zero-order chi connectivity index (χ0) is 16.4. The molecule has 0 unspecified atom stereocenters. The summed E-state index contributed by atoms with van der Waals surface area (Å²) in [6.45, 7) is 0.933. The lowest BCUT2D eigenvalue weighted by molar-refractivity contribution is -0.131. The normalized spacial score (nSPS) is 22.3. The van der Waals surface area contributed by atoms with E-state index in [-0.39, 0.29) is 5.91 Å². The molecule has 1 aliphatic heterocycles. The minimum Gasteiger partial charge on any atom is -0.339 e. The summed E-state index contributed by atoms with van der Waals surface area (Å²) in [5.74, 6) is 1.10. The maximum Gasteiger partial charge on any atom is 0.228 e. The van der Waals surface area contributed by atoms with Crippen LogP contribution in [-0.4, -0.2) is 33.6 Å². The summed E-state index contributed by atoms with van der Waals surface area (Å²) in [7, 11) is 0. The molecule has 1 N–H and O–H groups in total. The Morgan fingerprint density at radius 3 is 2.83 bits per heavy atom. The van der Waals surface area contributed by atoms with Gasteiger partial charge in [-0.05, 0) is 31.2 Å². The maximum atomic E-state index is 12.9. The molecule has 0 spiro atoms. The molecule has 1 saturated heterocycles. The molecule has 2 fully saturated rings. The lowest BCUT2D eigenvalue weighted by Crippen LogP contribution is -2.38. The van der Waals surface area contributed by atoms with Crippen molar-refractivity contribution in [1.29, 1.82) is 0 Å². The fourth-order valence-corrected chi connectivity index (χ4v) is 4.62. The van der Waals surface area contributed by atoms with Crippen molar-refractivity contribution in [2.24, 2.45) is 5.92 Å². The Kier molecular flexibility index (Phi) is 4.54. The van der Waals surface area contributed by atoms with Crippen LogP contribution >= 0.6 is 0 Å². The number of rotatable bonds is 4. The summed E-state index contributed by atoms with van der Waals surface area (Å²) >= 11 is 0. The summed E-state index contributed by atoms with van der Waals surface area (Å²) in [5.41, 5.74) is 1.90. The summed E-state index contributed by atoms with van der Waals surface area (Å²) in [5, 5.41) is 8.46. The molecule has 128 valence electrons. The smallest absolute Gasteiger partial charge is 0.228 e. The lowest BCUT2D eigenvalue weighted by Gasteiger charge is -2.30. The summed E-state index contributed by atoms with van der Waals surface area (Å²) in [4.78, 5) is 15.0. The van der Waals surface area contributed by atoms with E-state index in [0.717, 1.165) is 35.5 Å². The van der Waals surface area contributed by atoms with Gasteiger partial charge in [0.05, 0.1) is 17.6 Å². The summed E-state index contributed by atoms with van der Waals surface area (Å²) in [6, 6.07) is 8.49. The monoisotopic (exact) mass is 325 g/mol. The second-order valence-electron chi connectivity index (χ2n) is 7.52. The van der Waals surface area contributed by atoms with Crippen LogP contribution in [0.3, 0.4) is 0 Å². The molecule has 24 heavy (non-hydrogen) atoms. The molecule has 2 aromatic rings. The number of carbonyl (C=O) groups excluding carboxylic acids is 1. The van der Waals surface area contributed by atoms with E-state index in [1.165, 1.54) is 44.9 Å². The van der Waals surface area contributed by atoms with Crippen molar-refractivity contribution in [2.45, 2.75) is 63.8 Å². The molecule has 1 aliphatic carbocycles. The number of benzene rings is 1. The van der Waals surface area contributed by atoms with E-state index in [4.69, 9.17) is 0 Å². The van der Waals surface area contributed by atoms with Gasteiger partial charge in [0, 0.05) is 18.0 Å². The highest BCUT2D eigenvalue weighted by molar-refractivity contribution is 5.87. The molecule has 1 aromatic carbocycles. The molecule has 2 aliphatic rings. The molecular weight excluding hydrogens is 298 g/mol. The molecule has 4 heteroatoms. The Labute approximate surface area is 143 Å². The first-order valence-corrected chi connectivity index (χ1v) is 9.53. The van der Waals surface area contributed by atoms with Gasteiger partial charge in [-0.3, -0.25) is 9.89 Å². The predicted molar refractivity (Wildman–Crippen MR) is 95.7 cm³/mol. The molecule has 4 nitrogen and oxygen atoms in total. The number of fused-ring (bicyclic) bond motifs is 1. The van der Waals surface area contributed by atoms with Crippen LogP contribution in [0.2, 0.25) is 0 Å². The van der Waals surface area contributed by atoms with Crippen LogP contribution < -0.4 is 0 Å². The number of hydrogen-bond acceptors (Lipinski definition) is 2. The Morgan fingerprint density at radius 1 is 1.12 bits per heavy atom. The molecule has 4 rings (SSSR count). The number of amides is 1. The Hall–Kier alpha value is -1.84. The Morgan fingerprint density at radius 2 is 1.96 bits per heavy atom. The molecule has 2 heterocycles. The average Bonchev–Trinajstić information content (AvgIpc) is 3.23. The van der Waals surface area contributed by atoms with Crippen LogP contribution in [0, 0.1) is 5.92 Å². The zero-order valence-corrected chi connectivity index (χ0v) is 14.3. The van der Waals surface area contributed by atoms with E-state index < -0.39 is 0 Å². The van der Waals surface area contributed by atoms with Crippen LogP contribution in [0.5, 0.6) is 0 Å². The number of nitrogens with one attached hydrogen (secondary N) is 1. The van der Waals surface area contributed by atoms with Crippen molar-refractivity contribution in [3.8, 4) is 0 Å². The van der Waals surface area contributed by atoms with Crippen LogP contribution in [0.25, 0.3) is 10.9 Å². The van der Waals surface area contributed by atoms with E-state index in [1.54, 1.807) is 0 Å². The van der Waals surface area contributed by atoms with Gasteiger partial charge in [-0.25, -0.2) is 0 Å². The highest BCUT2D eigenvalue weighted by Gasteiger charge is 2.31. The van der Waals surface area contributed by atoms with Gasteiger partial charge in [0.2, 0.25) is 5.91 Å². The maximum absolute atomic E-state index is 12.9.